The first-order chi connectivity index (χ1) is 15.0. The number of ether oxygens (including phenoxy) is 1. The van der Waals surface area contributed by atoms with Gasteiger partial charge in [-0.05, 0) is 29.7 Å². The SMILES string of the molecule is CC(C)c1ccc(N2C(=O)CS[C@@]23C(=O)N(CN2CCOCC2)c2ccccc23)cc1. The molecule has 5 rings (SSSR count). The van der Waals surface area contributed by atoms with Crippen molar-refractivity contribution in [3.8, 4) is 0 Å². The average molecular weight is 438 g/mol. The molecule has 0 aliphatic carbocycles. The van der Waals surface area contributed by atoms with E-state index in [1.165, 1.54) is 17.3 Å². The molecule has 0 saturated carbocycles. The Labute approximate surface area is 187 Å². The van der Waals surface area contributed by atoms with E-state index in [9.17, 15) is 9.59 Å². The van der Waals surface area contributed by atoms with Crippen LogP contribution in [-0.2, 0) is 19.2 Å². The highest BCUT2D eigenvalue weighted by atomic mass is 32.2. The van der Waals surface area contributed by atoms with Gasteiger partial charge >= 0.3 is 0 Å². The third kappa shape index (κ3) is 3.26. The van der Waals surface area contributed by atoms with Crippen LogP contribution in [0.3, 0.4) is 0 Å². The number of anilines is 2. The zero-order chi connectivity index (χ0) is 21.6. The summed E-state index contributed by atoms with van der Waals surface area (Å²) in [5, 5.41) is 0. The van der Waals surface area contributed by atoms with Gasteiger partial charge < -0.3 is 4.74 Å². The van der Waals surface area contributed by atoms with E-state index < -0.39 is 4.87 Å². The van der Waals surface area contributed by atoms with Gasteiger partial charge in [0.15, 0.2) is 0 Å². The van der Waals surface area contributed by atoms with Crippen molar-refractivity contribution in [3.63, 3.8) is 0 Å². The minimum Gasteiger partial charge on any atom is -0.379 e. The summed E-state index contributed by atoms with van der Waals surface area (Å²) in [6, 6.07) is 16.0. The molecular formula is C24H27N3O3S. The van der Waals surface area contributed by atoms with E-state index in [4.69, 9.17) is 4.74 Å². The largest absolute Gasteiger partial charge is 0.379 e. The van der Waals surface area contributed by atoms with Gasteiger partial charge in [0.25, 0.3) is 5.91 Å². The maximum atomic E-state index is 14.0. The highest BCUT2D eigenvalue weighted by molar-refractivity contribution is 8.02. The topological polar surface area (TPSA) is 53.1 Å². The van der Waals surface area contributed by atoms with Crippen molar-refractivity contribution in [2.45, 2.75) is 24.6 Å². The lowest BCUT2D eigenvalue weighted by molar-refractivity contribution is -0.124. The van der Waals surface area contributed by atoms with Crippen LogP contribution in [0.1, 0.15) is 30.9 Å². The predicted octanol–water partition coefficient (Wildman–Crippen LogP) is 3.38. The summed E-state index contributed by atoms with van der Waals surface area (Å²) in [4.78, 5) is 31.9. The number of carbonyl (C=O) groups is 2. The Morgan fingerprint density at radius 3 is 2.45 bits per heavy atom. The van der Waals surface area contributed by atoms with Crippen molar-refractivity contribution < 1.29 is 14.3 Å². The molecule has 7 heteroatoms. The van der Waals surface area contributed by atoms with Crippen LogP contribution in [0.2, 0.25) is 0 Å². The third-order valence-electron chi connectivity index (χ3n) is 6.33. The highest BCUT2D eigenvalue weighted by Gasteiger charge is 2.61. The van der Waals surface area contributed by atoms with Gasteiger partial charge in [-0.25, -0.2) is 0 Å². The summed E-state index contributed by atoms with van der Waals surface area (Å²) in [7, 11) is 0. The number of para-hydroxylation sites is 1. The fourth-order valence-corrected chi connectivity index (χ4v) is 6.01. The molecule has 2 aromatic carbocycles. The fraction of sp³-hybridized carbons (Fsp3) is 0.417. The van der Waals surface area contributed by atoms with Gasteiger partial charge in [0.05, 0.1) is 31.3 Å². The van der Waals surface area contributed by atoms with Gasteiger partial charge in [-0.3, -0.25) is 24.3 Å². The molecule has 3 heterocycles. The Kier molecular flexibility index (Phi) is 5.28. The van der Waals surface area contributed by atoms with Crippen molar-refractivity contribution in [3.05, 3.63) is 59.7 Å². The van der Waals surface area contributed by atoms with Gasteiger partial charge in [-0.2, -0.15) is 0 Å². The number of carbonyl (C=O) groups excluding carboxylic acids is 2. The summed E-state index contributed by atoms with van der Waals surface area (Å²) in [6.07, 6.45) is 0. The van der Waals surface area contributed by atoms with E-state index in [2.05, 4.69) is 30.9 Å². The van der Waals surface area contributed by atoms with Gasteiger partial charge in [-0.15, -0.1) is 11.8 Å². The minimum absolute atomic E-state index is 0.0290. The van der Waals surface area contributed by atoms with E-state index in [0.29, 0.717) is 25.8 Å². The molecule has 2 saturated heterocycles. The molecule has 31 heavy (non-hydrogen) atoms. The van der Waals surface area contributed by atoms with Crippen LogP contribution in [0.15, 0.2) is 48.5 Å². The van der Waals surface area contributed by atoms with Gasteiger partial charge in [-0.1, -0.05) is 44.2 Å². The molecule has 0 bridgehead atoms. The molecule has 1 spiro atoms. The van der Waals surface area contributed by atoms with Gasteiger partial charge in [0, 0.05) is 24.3 Å². The number of rotatable bonds is 4. The van der Waals surface area contributed by atoms with Crippen LogP contribution in [0.4, 0.5) is 11.4 Å². The van der Waals surface area contributed by atoms with E-state index in [0.717, 1.165) is 30.0 Å². The van der Waals surface area contributed by atoms with Crippen LogP contribution in [-0.4, -0.2) is 55.4 Å². The lowest BCUT2D eigenvalue weighted by Crippen LogP contribution is -2.52. The van der Waals surface area contributed by atoms with Crippen LogP contribution in [0.5, 0.6) is 0 Å². The number of amides is 2. The Morgan fingerprint density at radius 2 is 1.74 bits per heavy atom. The Balaban J connectivity index is 1.56. The Morgan fingerprint density at radius 1 is 1.03 bits per heavy atom. The number of morpholine rings is 1. The van der Waals surface area contributed by atoms with Crippen molar-refractivity contribution in [1.82, 2.24) is 4.90 Å². The fourth-order valence-electron chi connectivity index (χ4n) is 4.65. The van der Waals surface area contributed by atoms with Crippen molar-refractivity contribution in [2.75, 3.05) is 48.5 Å². The standard InChI is InChI=1S/C24H27N3O3S/c1-17(2)18-7-9-19(10-8-18)27-22(28)15-31-24(27)20-5-3-4-6-21(20)26(23(24)29)16-25-11-13-30-14-12-25/h3-10,17H,11-16H2,1-2H3/t24-/m0/s1. The summed E-state index contributed by atoms with van der Waals surface area (Å²) in [5.41, 5.74) is 3.78. The molecule has 0 radical (unpaired) electrons. The second-order valence-corrected chi connectivity index (χ2v) is 9.70. The van der Waals surface area contributed by atoms with E-state index >= 15 is 0 Å². The zero-order valence-corrected chi connectivity index (χ0v) is 18.7. The maximum absolute atomic E-state index is 14.0. The lowest BCUT2D eigenvalue weighted by atomic mass is 10.0. The van der Waals surface area contributed by atoms with Crippen molar-refractivity contribution in [1.29, 1.82) is 0 Å². The molecule has 0 aromatic heterocycles. The molecule has 1 atom stereocenters. The summed E-state index contributed by atoms with van der Waals surface area (Å²) < 4.78 is 5.47. The smallest absolute Gasteiger partial charge is 0.269 e. The van der Waals surface area contributed by atoms with Gasteiger partial charge in [0.1, 0.15) is 0 Å². The van der Waals surface area contributed by atoms with Crippen LogP contribution in [0, 0.1) is 0 Å². The summed E-state index contributed by atoms with van der Waals surface area (Å²) >= 11 is 1.43. The monoisotopic (exact) mass is 437 g/mol. The molecule has 0 N–H and O–H groups in total. The molecule has 2 aromatic rings. The summed E-state index contributed by atoms with van der Waals surface area (Å²) in [5.74, 6) is 0.629. The quantitative estimate of drug-likeness (QED) is 0.734. The number of thioether (sulfide) groups is 1. The maximum Gasteiger partial charge on any atom is 0.269 e. The zero-order valence-electron chi connectivity index (χ0n) is 17.9. The van der Waals surface area contributed by atoms with Crippen molar-refractivity contribution in [2.24, 2.45) is 0 Å². The molecule has 2 amide bonds. The summed E-state index contributed by atoms with van der Waals surface area (Å²) in [6.45, 7) is 7.75. The van der Waals surface area contributed by atoms with Crippen LogP contribution in [0.25, 0.3) is 0 Å². The van der Waals surface area contributed by atoms with E-state index in [1.807, 2.05) is 41.3 Å². The molecule has 3 aliphatic rings. The second kappa shape index (κ2) is 7.97. The van der Waals surface area contributed by atoms with Crippen molar-refractivity contribution >= 4 is 35.0 Å². The molecule has 6 nitrogen and oxygen atoms in total. The highest BCUT2D eigenvalue weighted by Crippen LogP contribution is 2.55. The minimum atomic E-state index is -1.04. The van der Waals surface area contributed by atoms with E-state index in [-0.39, 0.29) is 17.6 Å². The molecule has 2 fully saturated rings. The Bertz CT molecular complexity index is 1000. The number of nitrogens with zero attached hydrogens (tertiary/aromatic N) is 3. The molecular weight excluding hydrogens is 410 g/mol. The lowest BCUT2D eigenvalue weighted by Gasteiger charge is -2.35. The molecule has 0 unspecified atom stereocenters. The average Bonchev–Trinajstić information content (AvgIpc) is 3.26. The normalized spacial score (nSPS) is 24.0. The third-order valence-corrected chi connectivity index (χ3v) is 7.71. The first kappa shape index (κ1) is 20.5. The van der Waals surface area contributed by atoms with Crippen LogP contribution < -0.4 is 9.80 Å². The number of benzene rings is 2. The number of fused-ring (bicyclic) bond motifs is 2. The van der Waals surface area contributed by atoms with E-state index in [1.54, 1.807) is 4.90 Å². The first-order valence-electron chi connectivity index (χ1n) is 10.8. The predicted molar refractivity (Wildman–Crippen MR) is 123 cm³/mol. The first-order valence-corrected chi connectivity index (χ1v) is 11.8. The Hall–Kier alpha value is -2.35. The second-order valence-electron chi connectivity index (χ2n) is 8.53. The molecule has 3 aliphatic heterocycles. The number of hydrogen-bond donors (Lipinski definition) is 0. The van der Waals surface area contributed by atoms with Gasteiger partial charge in [0.2, 0.25) is 10.8 Å². The number of hydrogen-bond acceptors (Lipinski definition) is 5. The van der Waals surface area contributed by atoms with Crippen LogP contribution >= 0.6 is 11.8 Å². The molecule has 162 valence electrons.